The first kappa shape index (κ1) is 12.6. The molecular formula is C10H21NO2. The molecule has 0 spiro atoms. The van der Waals surface area contributed by atoms with Gasteiger partial charge in [0.2, 0.25) is 0 Å². The molecule has 78 valence electrons. The van der Waals surface area contributed by atoms with Crippen LogP contribution in [-0.4, -0.2) is 23.0 Å². The lowest BCUT2D eigenvalue weighted by Gasteiger charge is -2.25. The number of ether oxygens (including phenoxy) is 1. The zero-order valence-electron chi connectivity index (χ0n) is 8.84. The first-order chi connectivity index (χ1) is 5.83. The van der Waals surface area contributed by atoms with Gasteiger partial charge in [0.05, 0.1) is 12.2 Å². The zero-order valence-corrected chi connectivity index (χ0v) is 8.84. The molecule has 3 heteroatoms. The molecule has 0 amide bonds. The molecule has 0 bridgehead atoms. The van der Waals surface area contributed by atoms with E-state index in [1.165, 1.54) is 0 Å². The molecule has 0 heterocycles. The summed E-state index contributed by atoms with van der Waals surface area (Å²) in [5.74, 6) is 0. The van der Waals surface area contributed by atoms with E-state index in [2.05, 4.69) is 6.58 Å². The number of aliphatic hydroxyl groups is 1. The van der Waals surface area contributed by atoms with Crippen LogP contribution in [0.5, 0.6) is 0 Å². The van der Waals surface area contributed by atoms with Crippen LogP contribution >= 0.6 is 0 Å². The highest BCUT2D eigenvalue weighted by Gasteiger charge is 2.20. The van der Waals surface area contributed by atoms with Gasteiger partial charge in [-0.3, -0.25) is 0 Å². The molecular weight excluding hydrogens is 166 g/mol. The first-order valence-corrected chi connectivity index (χ1v) is 4.62. The Morgan fingerprint density at radius 2 is 2.08 bits per heavy atom. The second-order valence-corrected chi connectivity index (χ2v) is 3.84. The maximum absolute atomic E-state index is 9.65. The molecule has 2 atom stereocenters. The van der Waals surface area contributed by atoms with E-state index in [1.54, 1.807) is 19.9 Å². The Kier molecular flexibility index (Phi) is 4.61. The average Bonchev–Trinajstić information content (AvgIpc) is 2.04. The standard InChI is InChI=1S/C10H21NO2/c1-5-9(3,12)7-8-13-10(4,11)6-2/h6,12H,2,5,7-8,11H2,1,3-4H3. The summed E-state index contributed by atoms with van der Waals surface area (Å²) in [5.41, 5.74) is 4.22. The molecule has 0 aromatic carbocycles. The summed E-state index contributed by atoms with van der Waals surface area (Å²) in [7, 11) is 0. The third-order valence-corrected chi connectivity index (χ3v) is 2.22. The van der Waals surface area contributed by atoms with Crippen molar-refractivity contribution in [1.29, 1.82) is 0 Å². The average molecular weight is 187 g/mol. The van der Waals surface area contributed by atoms with Crippen molar-refractivity contribution < 1.29 is 9.84 Å². The molecule has 0 saturated carbocycles. The molecule has 0 aromatic rings. The molecule has 3 nitrogen and oxygen atoms in total. The molecule has 13 heavy (non-hydrogen) atoms. The van der Waals surface area contributed by atoms with Crippen LogP contribution < -0.4 is 5.73 Å². The van der Waals surface area contributed by atoms with Crippen molar-refractivity contribution in [2.24, 2.45) is 5.73 Å². The van der Waals surface area contributed by atoms with Gasteiger partial charge in [-0.2, -0.15) is 0 Å². The highest BCUT2D eigenvalue weighted by Crippen LogP contribution is 2.15. The van der Waals surface area contributed by atoms with Crippen molar-refractivity contribution >= 4 is 0 Å². The minimum atomic E-state index is -0.788. The lowest BCUT2D eigenvalue weighted by molar-refractivity contribution is -0.0342. The molecule has 3 N–H and O–H groups in total. The van der Waals surface area contributed by atoms with Crippen LogP contribution in [0.2, 0.25) is 0 Å². The van der Waals surface area contributed by atoms with Gasteiger partial charge in [0, 0.05) is 0 Å². The van der Waals surface area contributed by atoms with Crippen molar-refractivity contribution in [2.45, 2.75) is 44.9 Å². The van der Waals surface area contributed by atoms with Crippen molar-refractivity contribution in [3.63, 3.8) is 0 Å². The van der Waals surface area contributed by atoms with E-state index in [1.807, 2.05) is 6.92 Å². The summed E-state index contributed by atoms with van der Waals surface area (Å²) >= 11 is 0. The van der Waals surface area contributed by atoms with Crippen molar-refractivity contribution in [3.05, 3.63) is 12.7 Å². The molecule has 0 rings (SSSR count). The monoisotopic (exact) mass is 187 g/mol. The van der Waals surface area contributed by atoms with E-state index in [4.69, 9.17) is 10.5 Å². The maximum atomic E-state index is 9.65. The third-order valence-electron chi connectivity index (χ3n) is 2.22. The third kappa shape index (κ3) is 5.80. The minimum absolute atomic E-state index is 0.444. The van der Waals surface area contributed by atoms with Gasteiger partial charge >= 0.3 is 0 Å². The van der Waals surface area contributed by atoms with Gasteiger partial charge in [-0.1, -0.05) is 13.5 Å². The van der Waals surface area contributed by atoms with Gasteiger partial charge in [0.25, 0.3) is 0 Å². The van der Waals surface area contributed by atoms with Crippen LogP contribution in [0.1, 0.15) is 33.6 Å². The van der Waals surface area contributed by atoms with E-state index >= 15 is 0 Å². The fraction of sp³-hybridized carbons (Fsp3) is 0.800. The predicted molar refractivity (Wildman–Crippen MR) is 54.3 cm³/mol. The largest absolute Gasteiger partial charge is 0.390 e. The normalized spacial score (nSPS) is 20.4. The Labute approximate surface area is 80.6 Å². The summed E-state index contributed by atoms with van der Waals surface area (Å²) in [6.07, 6.45) is 2.85. The Balaban J connectivity index is 3.74. The molecule has 0 aliphatic carbocycles. The van der Waals surface area contributed by atoms with Crippen molar-refractivity contribution in [3.8, 4) is 0 Å². The number of hydrogen-bond acceptors (Lipinski definition) is 3. The van der Waals surface area contributed by atoms with E-state index < -0.39 is 11.3 Å². The summed E-state index contributed by atoms with van der Waals surface area (Å²) in [5, 5.41) is 9.65. The zero-order chi connectivity index (χ0) is 10.5. The first-order valence-electron chi connectivity index (χ1n) is 4.62. The van der Waals surface area contributed by atoms with Gasteiger partial charge in [-0.15, -0.1) is 0 Å². The van der Waals surface area contributed by atoms with Crippen LogP contribution in [0.15, 0.2) is 12.7 Å². The van der Waals surface area contributed by atoms with Crippen LogP contribution in [-0.2, 0) is 4.74 Å². The second kappa shape index (κ2) is 4.74. The lowest BCUT2D eigenvalue weighted by Crippen LogP contribution is -2.38. The summed E-state index contributed by atoms with van der Waals surface area (Å²) in [6, 6.07) is 0. The van der Waals surface area contributed by atoms with Crippen LogP contribution in [0.4, 0.5) is 0 Å². The van der Waals surface area contributed by atoms with Crippen molar-refractivity contribution in [1.82, 2.24) is 0 Å². The Morgan fingerprint density at radius 1 is 1.54 bits per heavy atom. The summed E-state index contributed by atoms with van der Waals surface area (Å²) in [4.78, 5) is 0. The minimum Gasteiger partial charge on any atom is -0.390 e. The van der Waals surface area contributed by atoms with Gasteiger partial charge in [0.15, 0.2) is 0 Å². The Morgan fingerprint density at radius 3 is 2.46 bits per heavy atom. The summed E-state index contributed by atoms with van der Waals surface area (Å²) in [6.45, 7) is 9.47. The highest BCUT2D eigenvalue weighted by molar-refractivity contribution is 4.88. The predicted octanol–water partition coefficient (Wildman–Crippen LogP) is 1.42. The van der Waals surface area contributed by atoms with E-state index in [0.29, 0.717) is 19.4 Å². The number of rotatable bonds is 6. The number of hydrogen-bond donors (Lipinski definition) is 2. The number of nitrogens with two attached hydrogens (primary N) is 1. The van der Waals surface area contributed by atoms with E-state index in [-0.39, 0.29) is 0 Å². The van der Waals surface area contributed by atoms with Gasteiger partial charge in [-0.05, 0) is 32.8 Å². The van der Waals surface area contributed by atoms with Crippen LogP contribution in [0.3, 0.4) is 0 Å². The van der Waals surface area contributed by atoms with Crippen molar-refractivity contribution in [2.75, 3.05) is 6.61 Å². The second-order valence-electron chi connectivity index (χ2n) is 3.84. The maximum Gasteiger partial charge on any atom is 0.132 e. The molecule has 0 aromatic heterocycles. The topological polar surface area (TPSA) is 55.5 Å². The van der Waals surface area contributed by atoms with Crippen LogP contribution in [0, 0.1) is 0 Å². The van der Waals surface area contributed by atoms with Gasteiger partial charge in [0.1, 0.15) is 5.72 Å². The lowest BCUT2D eigenvalue weighted by atomic mass is 10.0. The van der Waals surface area contributed by atoms with Gasteiger partial charge < -0.3 is 15.6 Å². The fourth-order valence-electron chi connectivity index (χ4n) is 0.727. The quantitative estimate of drug-likeness (QED) is 0.488. The highest BCUT2D eigenvalue weighted by atomic mass is 16.5. The fourth-order valence-corrected chi connectivity index (χ4v) is 0.727. The SMILES string of the molecule is C=CC(C)(N)OCCC(C)(O)CC. The molecule has 2 unspecified atom stereocenters. The van der Waals surface area contributed by atoms with E-state index in [9.17, 15) is 5.11 Å². The Hall–Kier alpha value is -0.380. The van der Waals surface area contributed by atoms with Crippen LogP contribution in [0.25, 0.3) is 0 Å². The van der Waals surface area contributed by atoms with Gasteiger partial charge in [-0.25, -0.2) is 0 Å². The molecule has 0 aliphatic heterocycles. The Bertz CT molecular complexity index is 164. The smallest absolute Gasteiger partial charge is 0.132 e. The van der Waals surface area contributed by atoms with E-state index in [0.717, 1.165) is 0 Å². The molecule has 0 fully saturated rings. The molecule has 0 saturated heterocycles. The summed E-state index contributed by atoms with van der Waals surface area (Å²) < 4.78 is 5.32. The molecule has 0 radical (unpaired) electrons. The molecule has 0 aliphatic rings.